The van der Waals surface area contributed by atoms with Crippen LogP contribution < -0.4 is 9.80 Å². The molecule has 0 spiro atoms. The van der Waals surface area contributed by atoms with Crippen LogP contribution in [0.1, 0.15) is 24.3 Å². The highest BCUT2D eigenvalue weighted by Crippen LogP contribution is 2.15. The molecule has 0 fully saturated rings. The SMILES string of the molecule is CCN(CC)c1nccc(C(=O)N(C)c2ccccc2)n1. The third-order valence-corrected chi connectivity index (χ3v) is 3.36. The Bertz CT molecular complexity index is 596. The summed E-state index contributed by atoms with van der Waals surface area (Å²) in [5.74, 6) is 0.448. The molecule has 5 heteroatoms. The van der Waals surface area contributed by atoms with Gasteiger partial charge in [-0.3, -0.25) is 4.79 Å². The number of hydrogen-bond donors (Lipinski definition) is 0. The Labute approximate surface area is 125 Å². The fourth-order valence-electron chi connectivity index (χ4n) is 2.07. The van der Waals surface area contributed by atoms with E-state index in [1.54, 1.807) is 24.2 Å². The largest absolute Gasteiger partial charge is 0.341 e. The lowest BCUT2D eigenvalue weighted by atomic mass is 10.2. The molecule has 0 aliphatic carbocycles. The molecule has 110 valence electrons. The van der Waals surface area contributed by atoms with E-state index < -0.39 is 0 Å². The lowest BCUT2D eigenvalue weighted by molar-refractivity contribution is 0.0988. The molecule has 0 unspecified atom stereocenters. The minimum Gasteiger partial charge on any atom is -0.341 e. The summed E-state index contributed by atoms with van der Waals surface area (Å²) in [7, 11) is 1.75. The van der Waals surface area contributed by atoms with E-state index in [1.165, 1.54) is 0 Å². The van der Waals surface area contributed by atoms with Crippen LogP contribution in [0.2, 0.25) is 0 Å². The van der Waals surface area contributed by atoms with Crippen molar-refractivity contribution in [3.05, 3.63) is 48.3 Å². The molecule has 0 bridgehead atoms. The first-order valence-corrected chi connectivity index (χ1v) is 7.08. The predicted molar refractivity (Wildman–Crippen MR) is 84.8 cm³/mol. The van der Waals surface area contributed by atoms with E-state index >= 15 is 0 Å². The topological polar surface area (TPSA) is 49.3 Å². The van der Waals surface area contributed by atoms with Crippen molar-refractivity contribution in [3.8, 4) is 0 Å². The minimum absolute atomic E-state index is 0.142. The van der Waals surface area contributed by atoms with Crippen LogP contribution >= 0.6 is 0 Å². The lowest BCUT2D eigenvalue weighted by Crippen LogP contribution is -2.29. The summed E-state index contributed by atoms with van der Waals surface area (Å²) in [6, 6.07) is 11.2. The van der Waals surface area contributed by atoms with Gasteiger partial charge in [-0.15, -0.1) is 0 Å². The fourth-order valence-corrected chi connectivity index (χ4v) is 2.07. The maximum atomic E-state index is 12.5. The number of carbonyl (C=O) groups excluding carboxylic acids is 1. The van der Waals surface area contributed by atoms with E-state index in [1.807, 2.05) is 49.1 Å². The van der Waals surface area contributed by atoms with Gasteiger partial charge in [0.25, 0.3) is 5.91 Å². The standard InChI is InChI=1S/C16H20N4O/c1-4-20(5-2)16-17-12-11-14(18-16)15(21)19(3)13-9-7-6-8-10-13/h6-12H,4-5H2,1-3H3. The first-order chi connectivity index (χ1) is 10.2. The van der Waals surface area contributed by atoms with Gasteiger partial charge in [-0.05, 0) is 32.0 Å². The van der Waals surface area contributed by atoms with Gasteiger partial charge in [0.15, 0.2) is 0 Å². The Hall–Kier alpha value is -2.43. The molecule has 1 aromatic heterocycles. The average Bonchev–Trinajstić information content (AvgIpc) is 2.56. The number of amides is 1. The number of benzene rings is 1. The van der Waals surface area contributed by atoms with Crippen molar-refractivity contribution in [2.24, 2.45) is 0 Å². The maximum absolute atomic E-state index is 12.5. The van der Waals surface area contributed by atoms with Crippen molar-refractivity contribution in [2.45, 2.75) is 13.8 Å². The lowest BCUT2D eigenvalue weighted by Gasteiger charge is -2.20. The molecule has 0 saturated heterocycles. The number of nitrogens with zero attached hydrogens (tertiary/aromatic N) is 4. The van der Waals surface area contributed by atoms with Gasteiger partial charge in [-0.1, -0.05) is 18.2 Å². The molecule has 1 aromatic carbocycles. The zero-order valence-corrected chi connectivity index (χ0v) is 12.7. The van der Waals surface area contributed by atoms with E-state index in [4.69, 9.17) is 0 Å². The number of carbonyl (C=O) groups is 1. The molecule has 0 N–H and O–H groups in total. The molecule has 1 heterocycles. The van der Waals surface area contributed by atoms with Crippen LogP contribution in [0.15, 0.2) is 42.6 Å². The van der Waals surface area contributed by atoms with E-state index in [9.17, 15) is 4.79 Å². The van der Waals surface area contributed by atoms with Gasteiger partial charge in [0.1, 0.15) is 5.69 Å². The molecule has 2 rings (SSSR count). The molecule has 0 radical (unpaired) electrons. The molecule has 0 saturated carbocycles. The van der Waals surface area contributed by atoms with E-state index in [0.717, 1.165) is 18.8 Å². The van der Waals surface area contributed by atoms with Crippen LogP contribution in [0, 0.1) is 0 Å². The zero-order valence-electron chi connectivity index (χ0n) is 12.7. The van der Waals surface area contributed by atoms with Crippen molar-refractivity contribution in [2.75, 3.05) is 29.9 Å². The Balaban J connectivity index is 2.25. The highest BCUT2D eigenvalue weighted by Gasteiger charge is 2.16. The number of hydrogen-bond acceptors (Lipinski definition) is 4. The van der Waals surface area contributed by atoms with Gasteiger partial charge >= 0.3 is 0 Å². The average molecular weight is 284 g/mol. The highest BCUT2D eigenvalue weighted by atomic mass is 16.2. The van der Waals surface area contributed by atoms with Crippen molar-refractivity contribution >= 4 is 17.5 Å². The zero-order chi connectivity index (χ0) is 15.2. The minimum atomic E-state index is -0.142. The molecule has 0 aliphatic rings. The fraction of sp³-hybridized carbons (Fsp3) is 0.312. The molecular formula is C16H20N4O. The molecule has 0 aliphatic heterocycles. The Morgan fingerprint density at radius 3 is 2.38 bits per heavy atom. The van der Waals surface area contributed by atoms with Crippen LogP contribution in [0.5, 0.6) is 0 Å². The quantitative estimate of drug-likeness (QED) is 0.847. The summed E-state index contributed by atoms with van der Waals surface area (Å²) >= 11 is 0. The third kappa shape index (κ3) is 3.37. The van der Waals surface area contributed by atoms with Crippen LogP contribution in [0.4, 0.5) is 11.6 Å². The van der Waals surface area contributed by atoms with E-state index in [-0.39, 0.29) is 5.91 Å². The summed E-state index contributed by atoms with van der Waals surface area (Å²) in [4.78, 5) is 24.7. The summed E-state index contributed by atoms with van der Waals surface area (Å²) in [6.45, 7) is 5.69. The van der Waals surface area contributed by atoms with Gasteiger partial charge in [-0.25, -0.2) is 9.97 Å². The molecule has 0 atom stereocenters. The summed E-state index contributed by atoms with van der Waals surface area (Å²) in [6.07, 6.45) is 1.63. The molecule has 21 heavy (non-hydrogen) atoms. The smallest absolute Gasteiger partial charge is 0.276 e. The van der Waals surface area contributed by atoms with Crippen LogP contribution in [-0.4, -0.2) is 36.0 Å². The van der Waals surface area contributed by atoms with Crippen LogP contribution in [-0.2, 0) is 0 Å². The number of rotatable bonds is 5. The van der Waals surface area contributed by atoms with Gasteiger partial charge in [0.2, 0.25) is 5.95 Å². The van der Waals surface area contributed by atoms with E-state index in [0.29, 0.717) is 11.6 Å². The van der Waals surface area contributed by atoms with Crippen molar-refractivity contribution < 1.29 is 4.79 Å². The van der Waals surface area contributed by atoms with Crippen molar-refractivity contribution in [1.82, 2.24) is 9.97 Å². The molecular weight excluding hydrogens is 264 g/mol. The maximum Gasteiger partial charge on any atom is 0.276 e. The number of para-hydroxylation sites is 1. The predicted octanol–water partition coefficient (Wildman–Crippen LogP) is 2.60. The molecule has 5 nitrogen and oxygen atoms in total. The summed E-state index contributed by atoms with van der Waals surface area (Å²) < 4.78 is 0. The summed E-state index contributed by atoms with van der Waals surface area (Å²) in [5, 5.41) is 0. The second-order valence-electron chi connectivity index (χ2n) is 4.61. The summed E-state index contributed by atoms with van der Waals surface area (Å²) in [5.41, 5.74) is 1.24. The van der Waals surface area contributed by atoms with Crippen LogP contribution in [0.25, 0.3) is 0 Å². The van der Waals surface area contributed by atoms with Gasteiger partial charge in [0, 0.05) is 32.0 Å². The van der Waals surface area contributed by atoms with Gasteiger partial charge in [0.05, 0.1) is 0 Å². The second-order valence-corrected chi connectivity index (χ2v) is 4.61. The molecule has 1 amide bonds. The van der Waals surface area contributed by atoms with Crippen molar-refractivity contribution in [1.29, 1.82) is 0 Å². The number of aromatic nitrogens is 2. The first kappa shape index (κ1) is 15.0. The van der Waals surface area contributed by atoms with Crippen LogP contribution in [0.3, 0.4) is 0 Å². The Morgan fingerprint density at radius 1 is 1.10 bits per heavy atom. The van der Waals surface area contributed by atoms with Gasteiger partial charge < -0.3 is 9.80 Å². The second kappa shape index (κ2) is 6.83. The Kier molecular flexibility index (Phi) is 4.87. The third-order valence-electron chi connectivity index (χ3n) is 3.36. The highest BCUT2D eigenvalue weighted by molar-refractivity contribution is 6.04. The number of anilines is 2. The monoisotopic (exact) mass is 284 g/mol. The first-order valence-electron chi connectivity index (χ1n) is 7.08. The van der Waals surface area contributed by atoms with Gasteiger partial charge in [-0.2, -0.15) is 0 Å². The Morgan fingerprint density at radius 2 is 1.76 bits per heavy atom. The molecule has 2 aromatic rings. The van der Waals surface area contributed by atoms with Crippen molar-refractivity contribution in [3.63, 3.8) is 0 Å². The van der Waals surface area contributed by atoms with E-state index in [2.05, 4.69) is 9.97 Å². The normalized spacial score (nSPS) is 10.2.